The van der Waals surface area contributed by atoms with E-state index in [-0.39, 0.29) is 6.04 Å². The van der Waals surface area contributed by atoms with Gasteiger partial charge in [-0.15, -0.1) is 0 Å². The molecule has 0 radical (unpaired) electrons. The van der Waals surface area contributed by atoms with Gasteiger partial charge in [0.25, 0.3) is 0 Å². The van der Waals surface area contributed by atoms with Crippen molar-refractivity contribution in [2.24, 2.45) is 0 Å². The third-order valence-corrected chi connectivity index (χ3v) is 3.85. The van der Waals surface area contributed by atoms with Crippen LogP contribution in [0.2, 0.25) is 5.02 Å². The molecule has 17 heavy (non-hydrogen) atoms. The SMILES string of the molecule is CCn1ncc(Cl)c1C(Cc1ccsc1)NC. The summed E-state index contributed by atoms with van der Waals surface area (Å²) in [7, 11) is 1.96. The summed E-state index contributed by atoms with van der Waals surface area (Å²) in [6.07, 6.45) is 2.66. The third kappa shape index (κ3) is 2.70. The van der Waals surface area contributed by atoms with Crippen molar-refractivity contribution in [3.05, 3.63) is 39.3 Å². The number of aromatic nitrogens is 2. The Kier molecular flexibility index (Phi) is 4.20. The van der Waals surface area contributed by atoms with E-state index in [9.17, 15) is 0 Å². The molecule has 0 aliphatic heterocycles. The number of rotatable bonds is 5. The van der Waals surface area contributed by atoms with Crippen LogP contribution in [0.1, 0.15) is 24.2 Å². The lowest BCUT2D eigenvalue weighted by Gasteiger charge is -2.17. The fraction of sp³-hybridized carbons (Fsp3) is 0.417. The van der Waals surface area contributed by atoms with Gasteiger partial charge in [0, 0.05) is 6.54 Å². The van der Waals surface area contributed by atoms with Crippen molar-refractivity contribution in [1.29, 1.82) is 0 Å². The smallest absolute Gasteiger partial charge is 0.0834 e. The highest BCUT2D eigenvalue weighted by molar-refractivity contribution is 7.07. The second-order valence-electron chi connectivity index (χ2n) is 3.87. The molecule has 0 aromatic carbocycles. The van der Waals surface area contributed by atoms with E-state index in [2.05, 4.69) is 34.2 Å². The molecule has 1 atom stereocenters. The molecule has 0 bridgehead atoms. The number of aryl methyl sites for hydroxylation is 1. The molecule has 0 fully saturated rings. The monoisotopic (exact) mass is 269 g/mol. The summed E-state index contributed by atoms with van der Waals surface area (Å²) in [6.45, 7) is 2.91. The van der Waals surface area contributed by atoms with Crippen LogP contribution >= 0.6 is 22.9 Å². The minimum absolute atomic E-state index is 0.208. The summed E-state index contributed by atoms with van der Waals surface area (Å²) in [5.74, 6) is 0. The Morgan fingerprint density at radius 3 is 3.00 bits per heavy atom. The maximum atomic E-state index is 6.22. The molecule has 92 valence electrons. The van der Waals surface area contributed by atoms with Crippen LogP contribution in [0.4, 0.5) is 0 Å². The zero-order chi connectivity index (χ0) is 12.3. The lowest BCUT2D eigenvalue weighted by atomic mass is 10.1. The van der Waals surface area contributed by atoms with Crippen molar-refractivity contribution < 1.29 is 0 Å². The van der Waals surface area contributed by atoms with Crippen LogP contribution in [-0.2, 0) is 13.0 Å². The van der Waals surface area contributed by atoms with Crippen LogP contribution in [0.15, 0.2) is 23.0 Å². The molecule has 5 heteroatoms. The minimum Gasteiger partial charge on any atom is -0.311 e. The van der Waals surface area contributed by atoms with Crippen LogP contribution in [0.25, 0.3) is 0 Å². The molecular formula is C12H16ClN3S. The predicted molar refractivity (Wildman–Crippen MR) is 72.7 cm³/mol. The minimum atomic E-state index is 0.208. The van der Waals surface area contributed by atoms with Gasteiger partial charge in [-0.1, -0.05) is 11.6 Å². The summed E-state index contributed by atoms with van der Waals surface area (Å²) < 4.78 is 1.95. The van der Waals surface area contributed by atoms with Gasteiger partial charge in [0.2, 0.25) is 0 Å². The normalized spacial score (nSPS) is 12.9. The second kappa shape index (κ2) is 5.67. The van der Waals surface area contributed by atoms with E-state index in [1.165, 1.54) is 5.56 Å². The van der Waals surface area contributed by atoms with Crippen molar-refractivity contribution in [1.82, 2.24) is 15.1 Å². The predicted octanol–water partition coefficient (Wildman–Crippen LogP) is 3.12. The highest BCUT2D eigenvalue weighted by Gasteiger charge is 2.18. The van der Waals surface area contributed by atoms with Gasteiger partial charge in [-0.2, -0.15) is 16.4 Å². The van der Waals surface area contributed by atoms with Crippen molar-refractivity contribution in [2.45, 2.75) is 25.9 Å². The average molecular weight is 270 g/mol. The lowest BCUT2D eigenvalue weighted by Crippen LogP contribution is -2.22. The number of likely N-dealkylation sites (N-methyl/N-ethyl adjacent to an activating group) is 1. The number of thiophene rings is 1. The summed E-state index contributed by atoms with van der Waals surface area (Å²) in [6, 6.07) is 2.36. The molecule has 0 saturated carbocycles. The topological polar surface area (TPSA) is 29.9 Å². The van der Waals surface area contributed by atoms with Crippen LogP contribution in [0.5, 0.6) is 0 Å². The first-order chi connectivity index (χ1) is 8.26. The van der Waals surface area contributed by atoms with Gasteiger partial charge in [-0.3, -0.25) is 4.68 Å². The zero-order valence-corrected chi connectivity index (χ0v) is 11.6. The summed E-state index contributed by atoms with van der Waals surface area (Å²) in [5, 5.41) is 12.6. The molecule has 1 unspecified atom stereocenters. The van der Waals surface area contributed by atoms with Gasteiger partial charge in [0.1, 0.15) is 0 Å². The van der Waals surface area contributed by atoms with E-state index in [1.807, 2.05) is 11.7 Å². The first kappa shape index (κ1) is 12.6. The van der Waals surface area contributed by atoms with E-state index >= 15 is 0 Å². The quantitative estimate of drug-likeness (QED) is 0.904. The molecule has 2 rings (SSSR count). The van der Waals surface area contributed by atoms with Crippen molar-refractivity contribution in [3.63, 3.8) is 0 Å². The van der Waals surface area contributed by atoms with E-state index in [4.69, 9.17) is 11.6 Å². The number of nitrogens with one attached hydrogen (secondary N) is 1. The van der Waals surface area contributed by atoms with Crippen molar-refractivity contribution in [3.8, 4) is 0 Å². The third-order valence-electron chi connectivity index (χ3n) is 2.83. The molecule has 0 spiro atoms. The maximum Gasteiger partial charge on any atom is 0.0834 e. The molecule has 1 N–H and O–H groups in total. The van der Waals surface area contributed by atoms with Crippen LogP contribution in [0, 0.1) is 0 Å². The highest BCUT2D eigenvalue weighted by atomic mass is 35.5. The molecule has 0 aliphatic carbocycles. The summed E-state index contributed by atoms with van der Waals surface area (Å²) in [4.78, 5) is 0. The van der Waals surface area contributed by atoms with Gasteiger partial charge in [0.05, 0.1) is 23.0 Å². The molecule has 0 amide bonds. The fourth-order valence-electron chi connectivity index (χ4n) is 1.95. The standard InChI is InChI=1S/C12H16ClN3S/c1-3-16-12(10(13)7-15-16)11(14-2)6-9-4-5-17-8-9/h4-5,7-8,11,14H,3,6H2,1-2H3. The Morgan fingerprint density at radius 1 is 1.59 bits per heavy atom. The number of nitrogens with zero attached hydrogens (tertiary/aromatic N) is 2. The van der Waals surface area contributed by atoms with E-state index in [0.29, 0.717) is 0 Å². The van der Waals surface area contributed by atoms with Crippen molar-refractivity contribution >= 4 is 22.9 Å². The summed E-state index contributed by atoms with van der Waals surface area (Å²) in [5.41, 5.74) is 2.40. The van der Waals surface area contributed by atoms with Gasteiger partial charge >= 0.3 is 0 Å². The molecule has 2 aromatic rings. The Hall–Kier alpha value is -0.840. The molecule has 2 heterocycles. The Bertz CT molecular complexity index is 464. The molecule has 3 nitrogen and oxygen atoms in total. The summed E-state index contributed by atoms with van der Waals surface area (Å²) >= 11 is 7.94. The van der Waals surface area contributed by atoms with Gasteiger partial charge < -0.3 is 5.32 Å². The molecular weight excluding hydrogens is 254 g/mol. The van der Waals surface area contributed by atoms with Gasteiger partial charge in [-0.05, 0) is 42.8 Å². The Morgan fingerprint density at radius 2 is 2.41 bits per heavy atom. The first-order valence-corrected chi connectivity index (χ1v) is 6.97. The Labute approximate surface area is 110 Å². The average Bonchev–Trinajstić information content (AvgIpc) is 2.95. The van der Waals surface area contributed by atoms with Crippen LogP contribution in [-0.4, -0.2) is 16.8 Å². The number of hydrogen-bond acceptors (Lipinski definition) is 3. The Balaban J connectivity index is 2.25. The highest BCUT2D eigenvalue weighted by Crippen LogP contribution is 2.26. The second-order valence-corrected chi connectivity index (χ2v) is 5.06. The van der Waals surface area contributed by atoms with Crippen LogP contribution in [0.3, 0.4) is 0 Å². The largest absolute Gasteiger partial charge is 0.311 e. The van der Waals surface area contributed by atoms with Crippen molar-refractivity contribution in [2.75, 3.05) is 7.05 Å². The molecule has 0 saturated heterocycles. The van der Waals surface area contributed by atoms with E-state index in [1.54, 1.807) is 17.5 Å². The molecule has 0 aliphatic rings. The van der Waals surface area contributed by atoms with E-state index in [0.717, 1.165) is 23.7 Å². The lowest BCUT2D eigenvalue weighted by molar-refractivity contribution is 0.514. The zero-order valence-electron chi connectivity index (χ0n) is 9.98. The maximum absolute atomic E-state index is 6.22. The van der Waals surface area contributed by atoms with E-state index < -0.39 is 0 Å². The fourth-order valence-corrected chi connectivity index (χ4v) is 2.90. The molecule has 2 aromatic heterocycles. The number of halogens is 1. The van der Waals surface area contributed by atoms with Crippen LogP contribution < -0.4 is 5.32 Å². The first-order valence-electron chi connectivity index (χ1n) is 5.65. The van der Waals surface area contributed by atoms with Gasteiger partial charge in [0.15, 0.2) is 0 Å². The van der Waals surface area contributed by atoms with Gasteiger partial charge in [-0.25, -0.2) is 0 Å². The number of hydrogen-bond donors (Lipinski definition) is 1.